The first kappa shape index (κ1) is 12.9. The van der Waals surface area contributed by atoms with Gasteiger partial charge in [-0.3, -0.25) is 5.32 Å². The van der Waals surface area contributed by atoms with Crippen LogP contribution in [0, 0.1) is 0 Å². The average molecular weight is 249 g/mol. The van der Waals surface area contributed by atoms with Crippen LogP contribution in [0.4, 0.5) is 0 Å². The number of carbonyl (C=O) groups excluding carboxylic acids is 1. The highest BCUT2D eigenvalue weighted by Crippen LogP contribution is 2.26. The molecule has 1 aliphatic rings. The van der Waals surface area contributed by atoms with E-state index in [0.29, 0.717) is 12.6 Å². The maximum absolute atomic E-state index is 11.8. The summed E-state index contributed by atoms with van der Waals surface area (Å²) in [5.41, 5.74) is 0.914. The largest absolute Gasteiger partial charge is 0.494 e. The van der Waals surface area contributed by atoms with E-state index >= 15 is 0 Å². The Morgan fingerprint density at radius 1 is 1.39 bits per heavy atom. The summed E-state index contributed by atoms with van der Waals surface area (Å²) in [6.45, 7) is 2.58. The van der Waals surface area contributed by atoms with Gasteiger partial charge in [0.2, 0.25) is 0 Å². The van der Waals surface area contributed by atoms with Crippen LogP contribution in [0.3, 0.4) is 0 Å². The van der Waals surface area contributed by atoms with Crippen LogP contribution in [0.1, 0.15) is 31.4 Å². The first-order valence-electron chi connectivity index (χ1n) is 6.31. The second kappa shape index (κ2) is 5.87. The zero-order chi connectivity index (χ0) is 13.0. The van der Waals surface area contributed by atoms with Crippen LogP contribution in [-0.2, 0) is 9.53 Å². The minimum absolute atomic E-state index is 0.244. The van der Waals surface area contributed by atoms with Crippen LogP contribution in [-0.4, -0.2) is 25.7 Å². The minimum atomic E-state index is -0.377. The Balaban J connectivity index is 2.10. The summed E-state index contributed by atoms with van der Waals surface area (Å²) in [5, 5.41) is 3.29. The molecular weight excluding hydrogens is 230 g/mol. The van der Waals surface area contributed by atoms with Gasteiger partial charge in [-0.15, -0.1) is 0 Å². The molecule has 4 heteroatoms. The van der Waals surface area contributed by atoms with E-state index in [0.717, 1.165) is 24.2 Å². The number of benzene rings is 1. The normalized spacial score (nSPS) is 16.1. The van der Waals surface area contributed by atoms with Gasteiger partial charge >= 0.3 is 5.97 Å². The SMILES string of the molecule is CCOc1ccc(C(NC2CC2)C(=O)OC)cc1. The quantitative estimate of drug-likeness (QED) is 0.784. The smallest absolute Gasteiger partial charge is 0.327 e. The number of methoxy groups -OCH3 is 1. The summed E-state index contributed by atoms with van der Waals surface area (Å²) >= 11 is 0. The Kier molecular flexibility index (Phi) is 4.20. The zero-order valence-corrected chi connectivity index (χ0v) is 10.8. The number of rotatable bonds is 6. The molecule has 0 aromatic heterocycles. The number of hydrogen-bond donors (Lipinski definition) is 1. The van der Waals surface area contributed by atoms with Crippen LogP contribution in [0.25, 0.3) is 0 Å². The molecule has 0 bridgehead atoms. The summed E-state index contributed by atoms with van der Waals surface area (Å²) in [4.78, 5) is 11.8. The number of nitrogens with one attached hydrogen (secondary N) is 1. The maximum atomic E-state index is 11.8. The fourth-order valence-electron chi connectivity index (χ4n) is 1.83. The highest BCUT2D eigenvalue weighted by atomic mass is 16.5. The molecule has 0 heterocycles. The Labute approximate surface area is 107 Å². The molecule has 1 unspecified atom stereocenters. The van der Waals surface area contributed by atoms with Gasteiger partial charge in [0.05, 0.1) is 13.7 Å². The lowest BCUT2D eigenvalue weighted by Crippen LogP contribution is -2.31. The molecule has 0 spiro atoms. The summed E-state index contributed by atoms with van der Waals surface area (Å²) in [5.74, 6) is 0.572. The third-order valence-electron chi connectivity index (χ3n) is 2.94. The summed E-state index contributed by atoms with van der Waals surface area (Å²) < 4.78 is 10.2. The van der Waals surface area contributed by atoms with Crippen molar-refractivity contribution in [2.45, 2.75) is 31.8 Å². The Morgan fingerprint density at radius 2 is 2.06 bits per heavy atom. The highest BCUT2D eigenvalue weighted by Gasteiger charge is 2.29. The lowest BCUT2D eigenvalue weighted by Gasteiger charge is -2.16. The van der Waals surface area contributed by atoms with Gasteiger partial charge in [0.25, 0.3) is 0 Å². The third-order valence-corrected chi connectivity index (χ3v) is 2.94. The van der Waals surface area contributed by atoms with E-state index in [1.807, 2.05) is 31.2 Å². The number of hydrogen-bond acceptors (Lipinski definition) is 4. The predicted molar refractivity (Wildman–Crippen MR) is 68.5 cm³/mol. The third kappa shape index (κ3) is 3.23. The molecule has 1 N–H and O–H groups in total. The fraction of sp³-hybridized carbons (Fsp3) is 0.500. The van der Waals surface area contributed by atoms with Gasteiger partial charge in [-0.2, -0.15) is 0 Å². The van der Waals surface area contributed by atoms with Crippen molar-refractivity contribution in [2.24, 2.45) is 0 Å². The monoisotopic (exact) mass is 249 g/mol. The van der Waals surface area contributed by atoms with E-state index in [4.69, 9.17) is 9.47 Å². The number of esters is 1. The average Bonchev–Trinajstić information content (AvgIpc) is 3.21. The van der Waals surface area contributed by atoms with Gasteiger partial charge in [0.1, 0.15) is 11.8 Å². The molecule has 1 atom stereocenters. The predicted octanol–water partition coefficient (Wildman–Crippen LogP) is 2.05. The molecule has 98 valence electrons. The van der Waals surface area contributed by atoms with E-state index in [1.165, 1.54) is 7.11 Å². The van der Waals surface area contributed by atoms with E-state index in [-0.39, 0.29) is 12.0 Å². The van der Waals surface area contributed by atoms with Crippen LogP contribution in [0.2, 0.25) is 0 Å². The van der Waals surface area contributed by atoms with Crippen molar-refractivity contribution in [3.63, 3.8) is 0 Å². The number of carbonyl (C=O) groups is 1. The van der Waals surface area contributed by atoms with E-state index < -0.39 is 0 Å². The Hall–Kier alpha value is -1.55. The first-order valence-corrected chi connectivity index (χ1v) is 6.31. The van der Waals surface area contributed by atoms with Crippen LogP contribution in [0.15, 0.2) is 24.3 Å². The number of ether oxygens (including phenoxy) is 2. The van der Waals surface area contributed by atoms with E-state index in [1.54, 1.807) is 0 Å². The molecule has 0 saturated heterocycles. The Bertz CT molecular complexity index is 398. The molecule has 1 fully saturated rings. The summed E-state index contributed by atoms with van der Waals surface area (Å²) in [7, 11) is 1.42. The Morgan fingerprint density at radius 3 is 2.56 bits per heavy atom. The second-order valence-electron chi connectivity index (χ2n) is 4.40. The topological polar surface area (TPSA) is 47.6 Å². The zero-order valence-electron chi connectivity index (χ0n) is 10.8. The lowest BCUT2D eigenvalue weighted by atomic mass is 10.1. The molecular formula is C14H19NO3. The van der Waals surface area contributed by atoms with Gasteiger partial charge in [-0.25, -0.2) is 4.79 Å². The molecule has 0 aliphatic heterocycles. The molecule has 4 nitrogen and oxygen atoms in total. The van der Waals surface area contributed by atoms with Crippen LogP contribution in [0.5, 0.6) is 5.75 Å². The molecule has 0 radical (unpaired) electrons. The maximum Gasteiger partial charge on any atom is 0.327 e. The summed E-state index contributed by atoms with van der Waals surface area (Å²) in [6, 6.07) is 7.63. The van der Waals surface area contributed by atoms with Gasteiger partial charge in [-0.05, 0) is 37.5 Å². The van der Waals surface area contributed by atoms with Crippen molar-refractivity contribution in [3.05, 3.63) is 29.8 Å². The molecule has 2 rings (SSSR count). The van der Waals surface area contributed by atoms with Crippen molar-refractivity contribution >= 4 is 5.97 Å². The molecule has 0 amide bonds. The van der Waals surface area contributed by atoms with Gasteiger partial charge in [-0.1, -0.05) is 12.1 Å². The molecule has 1 saturated carbocycles. The van der Waals surface area contributed by atoms with Gasteiger partial charge < -0.3 is 9.47 Å². The molecule has 1 aliphatic carbocycles. The van der Waals surface area contributed by atoms with Gasteiger partial charge in [0.15, 0.2) is 0 Å². The van der Waals surface area contributed by atoms with Crippen LogP contribution >= 0.6 is 0 Å². The molecule has 18 heavy (non-hydrogen) atoms. The summed E-state index contributed by atoms with van der Waals surface area (Å²) in [6.07, 6.45) is 2.26. The van der Waals surface area contributed by atoms with Crippen molar-refractivity contribution < 1.29 is 14.3 Å². The van der Waals surface area contributed by atoms with Crippen molar-refractivity contribution in [2.75, 3.05) is 13.7 Å². The minimum Gasteiger partial charge on any atom is -0.494 e. The van der Waals surface area contributed by atoms with Crippen molar-refractivity contribution in [1.29, 1.82) is 0 Å². The molecule has 1 aromatic rings. The van der Waals surface area contributed by atoms with Crippen molar-refractivity contribution in [3.8, 4) is 5.75 Å². The standard InChI is InChI=1S/C14H19NO3/c1-3-18-12-8-4-10(5-9-12)13(14(16)17-2)15-11-6-7-11/h4-5,8-9,11,13,15H,3,6-7H2,1-2H3. The van der Waals surface area contributed by atoms with Crippen molar-refractivity contribution in [1.82, 2.24) is 5.32 Å². The van der Waals surface area contributed by atoms with E-state index in [9.17, 15) is 4.79 Å². The first-order chi connectivity index (χ1) is 8.74. The second-order valence-corrected chi connectivity index (χ2v) is 4.40. The van der Waals surface area contributed by atoms with Gasteiger partial charge in [0, 0.05) is 6.04 Å². The lowest BCUT2D eigenvalue weighted by molar-refractivity contribution is -0.143. The molecule has 1 aromatic carbocycles. The van der Waals surface area contributed by atoms with E-state index in [2.05, 4.69) is 5.32 Å². The van der Waals surface area contributed by atoms with Crippen LogP contribution < -0.4 is 10.1 Å². The fourth-order valence-corrected chi connectivity index (χ4v) is 1.83. The highest BCUT2D eigenvalue weighted by molar-refractivity contribution is 5.77.